The monoisotopic (exact) mass is 382 g/mol. The molecule has 0 radical (unpaired) electrons. The number of hydrogen-bond acceptors (Lipinski definition) is 6. The molecular weight excluding hydrogens is 352 g/mol. The smallest absolute Gasteiger partial charge is 0.133 e. The van der Waals surface area contributed by atoms with Crippen molar-refractivity contribution in [3.05, 3.63) is 35.9 Å². The summed E-state index contributed by atoms with van der Waals surface area (Å²) in [6, 6.07) is 11.3. The maximum atomic E-state index is 5.98. The van der Waals surface area contributed by atoms with E-state index in [4.69, 9.17) is 14.5 Å². The van der Waals surface area contributed by atoms with Gasteiger partial charge in [-0.25, -0.2) is 4.98 Å². The van der Waals surface area contributed by atoms with Crippen LogP contribution in [-0.2, 0) is 16.0 Å². The second-order valence-corrected chi connectivity index (χ2v) is 8.47. The number of para-hydroxylation sites is 1. The van der Waals surface area contributed by atoms with E-state index in [0.29, 0.717) is 12.0 Å². The second-order valence-electron chi connectivity index (χ2n) is 8.47. The first-order valence-corrected chi connectivity index (χ1v) is 10.5. The van der Waals surface area contributed by atoms with Crippen LogP contribution < -0.4 is 4.90 Å². The predicted molar refractivity (Wildman–Crippen MR) is 111 cm³/mol. The van der Waals surface area contributed by atoms with Crippen LogP contribution in [0.5, 0.6) is 0 Å². The number of morpholine rings is 1. The van der Waals surface area contributed by atoms with E-state index in [1.165, 1.54) is 10.9 Å². The fraction of sp³-hybridized carbons (Fsp3) is 0.591. The lowest BCUT2D eigenvalue weighted by atomic mass is 10.1. The van der Waals surface area contributed by atoms with Crippen molar-refractivity contribution in [3.63, 3.8) is 0 Å². The molecule has 28 heavy (non-hydrogen) atoms. The van der Waals surface area contributed by atoms with Crippen LogP contribution in [0.2, 0.25) is 0 Å². The number of benzene rings is 1. The molecule has 3 saturated heterocycles. The summed E-state index contributed by atoms with van der Waals surface area (Å²) in [5.41, 5.74) is 2.40. The molecule has 6 nitrogen and oxygen atoms in total. The van der Waals surface area contributed by atoms with Crippen molar-refractivity contribution in [1.82, 2.24) is 14.8 Å². The van der Waals surface area contributed by atoms with Crippen LogP contribution in [0.4, 0.5) is 5.82 Å². The lowest BCUT2D eigenvalue weighted by molar-refractivity contribution is 0.0562. The van der Waals surface area contributed by atoms with E-state index in [0.717, 1.165) is 77.0 Å². The lowest BCUT2D eigenvalue weighted by Gasteiger charge is -2.33. The maximum Gasteiger partial charge on any atom is 0.133 e. The number of likely N-dealkylation sites (N-methyl/N-ethyl adjacent to an activating group) is 1. The summed E-state index contributed by atoms with van der Waals surface area (Å²) >= 11 is 0. The molecule has 5 rings (SSSR count). The topological polar surface area (TPSA) is 41.1 Å². The molecule has 2 atom stereocenters. The van der Waals surface area contributed by atoms with Crippen molar-refractivity contribution >= 4 is 16.7 Å². The number of rotatable bonds is 3. The second kappa shape index (κ2) is 7.95. The molecule has 0 N–H and O–H groups in total. The third-order valence-electron chi connectivity index (χ3n) is 6.23. The third kappa shape index (κ3) is 3.74. The van der Waals surface area contributed by atoms with Gasteiger partial charge in [0.25, 0.3) is 0 Å². The molecule has 0 unspecified atom stereocenters. The highest BCUT2D eigenvalue weighted by atomic mass is 16.5. The molecule has 1 aromatic carbocycles. The van der Waals surface area contributed by atoms with Gasteiger partial charge in [0.2, 0.25) is 0 Å². The zero-order valence-electron chi connectivity index (χ0n) is 16.7. The SMILES string of the molecule is CN1C[C@@H]2COC[C@H](C1)N(Cc1cc3ccccc3nc1N1CCOCC1)C2. The Hall–Kier alpha value is -1.73. The molecule has 3 fully saturated rings. The molecule has 0 spiro atoms. The van der Waals surface area contributed by atoms with Gasteiger partial charge in [0.1, 0.15) is 5.82 Å². The first kappa shape index (κ1) is 18.3. The molecule has 2 aromatic rings. The van der Waals surface area contributed by atoms with E-state index in [1.807, 2.05) is 0 Å². The number of fused-ring (bicyclic) bond motifs is 4. The molecular formula is C22H30N4O2. The molecule has 0 saturated carbocycles. The molecule has 3 aliphatic heterocycles. The Bertz CT molecular complexity index is 823. The largest absolute Gasteiger partial charge is 0.379 e. The summed E-state index contributed by atoms with van der Waals surface area (Å²) in [6.45, 7) is 9.32. The van der Waals surface area contributed by atoms with E-state index in [1.54, 1.807) is 0 Å². The fourth-order valence-corrected chi connectivity index (χ4v) is 4.89. The van der Waals surface area contributed by atoms with Crippen LogP contribution >= 0.6 is 0 Å². The molecule has 0 aliphatic carbocycles. The molecule has 150 valence electrons. The Morgan fingerprint density at radius 1 is 1.04 bits per heavy atom. The highest BCUT2D eigenvalue weighted by Gasteiger charge is 2.32. The fourth-order valence-electron chi connectivity index (χ4n) is 4.89. The summed E-state index contributed by atoms with van der Waals surface area (Å²) in [5.74, 6) is 1.72. The normalized spacial score (nSPS) is 27.1. The van der Waals surface area contributed by atoms with E-state index in [2.05, 4.69) is 52.1 Å². The van der Waals surface area contributed by atoms with E-state index in [9.17, 15) is 0 Å². The standard InChI is InChI=1S/C22H30N4O2/c1-24-11-17-12-26(20(14-24)16-28-15-17)13-19-10-18-4-2-3-5-21(18)23-22(19)25-6-8-27-9-7-25/h2-5,10,17,20H,6-9,11-16H2,1H3/t17-,20-/m0/s1. The number of hydrogen-bond donors (Lipinski definition) is 0. The molecule has 2 bridgehead atoms. The van der Waals surface area contributed by atoms with Crippen molar-refractivity contribution in [1.29, 1.82) is 0 Å². The zero-order valence-corrected chi connectivity index (χ0v) is 16.7. The molecule has 3 aliphatic rings. The van der Waals surface area contributed by atoms with Gasteiger partial charge >= 0.3 is 0 Å². The van der Waals surface area contributed by atoms with Crippen LogP contribution in [0.3, 0.4) is 0 Å². The summed E-state index contributed by atoms with van der Waals surface area (Å²) in [6.07, 6.45) is 0. The Morgan fingerprint density at radius 2 is 1.89 bits per heavy atom. The minimum atomic E-state index is 0.446. The van der Waals surface area contributed by atoms with E-state index < -0.39 is 0 Å². The van der Waals surface area contributed by atoms with Crippen molar-refractivity contribution in [2.45, 2.75) is 12.6 Å². The predicted octanol–water partition coefficient (Wildman–Crippen LogP) is 1.83. The van der Waals surface area contributed by atoms with Crippen molar-refractivity contribution in [2.75, 3.05) is 71.1 Å². The van der Waals surface area contributed by atoms with Crippen LogP contribution in [0, 0.1) is 5.92 Å². The van der Waals surface area contributed by atoms with E-state index >= 15 is 0 Å². The van der Waals surface area contributed by atoms with Gasteiger partial charge in [0.15, 0.2) is 0 Å². The summed E-state index contributed by atoms with van der Waals surface area (Å²) in [4.78, 5) is 12.6. The zero-order chi connectivity index (χ0) is 18.9. The first-order chi connectivity index (χ1) is 13.8. The summed E-state index contributed by atoms with van der Waals surface area (Å²) in [5, 5.41) is 1.22. The number of ether oxygens (including phenoxy) is 2. The average molecular weight is 383 g/mol. The Labute approximate surface area is 167 Å². The summed E-state index contributed by atoms with van der Waals surface area (Å²) in [7, 11) is 2.24. The molecule has 6 heteroatoms. The number of nitrogens with zero attached hydrogens (tertiary/aromatic N) is 4. The van der Waals surface area contributed by atoms with Gasteiger partial charge in [-0.3, -0.25) is 4.90 Å². The number of anilines is 1. The van der Waals surface area contributed by atoms with Gasteiger partial charge in [-0.1, -0.05) is 18.2 Å². The Balaban J connectivity index is 1.50. The van der Waals surface area contributed by atoms with Gasteiger partial charge in [-0.15, -0.1) is 0 Å². The van der Waals surface area contributed by atoms with Gasteiger partial charge in [0, 0.05) is 62.2 Å². The van der Waals surface area contributed by atoms with E-state index in [-0.39, 0.29) is 0 Å². The van der Waals surface area contributed by atoms with Gasteiger partial charge in [-0.05, 0) is 19.2 Å². The van der Waals surface area contributed by atoms with Gasteiger partial charge in [0.05, 0.1) is 31.9 Å². The number of pyridine rings is 1. The minimum absolute atomic E-state index is 0.446. The first-order valence-electron chi connectivity index (χ1n) is 10.5. The van der Waals surface area contributed by atoms with Crippen LogP contribution in [0.25, 0.3) is 10.9 Å². The molecule has 0 amide bonds. The molecule has 1 aromatic heterocycles. The lowest BCUT2D eigenvalue weighted by Crippen LogP contribution is -2.43. The quantitative estimate of drug-likeness (QED) is 0.807. The highest BCUT2D eigenvalue weighted by molar-refractivity contribution is 5.81. The Morgan fingerprint density at radius 3 is 2.79 bits per heavy atom. The highest BCUT2D eigenvalue weighted by Crippen LogP contribution is 2.28. The third-order valence-corrected chi connectivity index (χ3v) is 6.23. The van der Waals surface area contributed by atoms with Gasteiger partial charge in [-0.2, -0.15) is 0 Å². The maximum absolute atomic E-state index is 5.98. The summed E-state index contributed by atoms with van der Waals surface area (Å²) < 4.78 is 11.6. The molecule has 4 heterocycles. The average Bonchev–Trinajstić information content (AvgIpc) is 2.97. The minimum Gasteiger partial charge on any atom is -0.379 e. The van der Waals surface area contributed by atoms with Crippen LogP contribution in [0.15, 0.2) is 30.3 Å². The van der Waals surface area contributed by atoms with Crippen LogP contribution in [0.1, 0.15) is 5.56 Å². The van der Waals surface area contributed by atoms with Crippen LogP contribution in [-0.4, -0.2) is 87.0 Å². The number of aromatic nitrogens is 1. The Kier molecular flexibility index (Phi) is 5.20. The van der Waals surface area contributed by atoms with Crippen molar-refractivity contribution < 1.29 is 9.47 Å². The van der Waals surface area contributed by atoms with Gasteiger partial charge < -0.3 is 19.3 Å². The van der Waals surface area contributed by atoms with Crippen molar-refractivity contribution in [3.8, 4) is 0 Å². The van der Waals surface area contributed by atoms with Crippen molar-refractivity contribution in [2.24, 2.45) is 5.92 Å².